The highest BCUT2D eigenvalue weighted by atomic mass is 32.1. The molecule has 0 unspecified atom stereocenters. The van der Waals surface area contributed by atoms with Crippen LogP contribution in [-0.2, 0) is 16.1 Å². The Bertz CT molecular complexity index is 1150. The standard InChI is InChI=1S/C21H22N4O4S/c1-13-24-25-18(26)11-15(22-21(25)30-13)12-29-20(28)16-9-5-6-10-17(16)23-19(27)14-7-3-2-4-8-14/h5-6,9-11,14H,2-4,7-8,12H2,1H3,(H,23,27). The van der Waals surface area contributed by atoms with Crippen molar-refractivity contribution in [1.82, 2.24) is 14.6 Å². The summed E-state index contributed by atoms with van der Waals surface area (Å²) in [7, 11) is 0. The smallest absolute Gasteiger partial charge is 0.340 e. The lowest BCUT2D eigenvalue weighted by atomic mass is 9.88. The summed E-state index contributed by atoms with van der Waals surface area (Å²) in [5.41, 5.74) is 0.726. The van der Waals surface area contributed by atoms with Crippen LogP contribution in [0.5, 0.6) is 0 Å². The number of hydrogen-bond donors (Lipinski definition) is 1. The minimum absolute atomic E-state index is 0.0189. The Morgan fingerprint density at radius 1 is 1.23 bits per heavy atom. The number of carbonyl (C=O) groups excluding carboxylic acids is 2. The highest BCUT2D eigenvalue weighted by Crippen LogP contribution is 2.26. The summed E-state index contributed by atoms with van der Waals surface area (Å²) >= 11 is 1.29. The number of rotatable bonds is 5. The first-order chi connectivity index (χ1) is 14.5. The Balaban J connectivity index is 1.46. The summed E-state index contributed by atoms with van der Waals surface area (Å²) in [6.07, 6.45) is 5.02. The lowest BCUT2D eigenvalue weighted by Gasteiger charge is -2.21. The first kappa shape index (κ1) is 20.2. The van der Waals surface area contributed by atoms with Gasteiger partial charge in [0.2, 0.25) is 10.9 Å². The summed E-state index contributed by atoms with van der Waals surface area (Å²) in [5.74, 6) is -0.665. The first-order valence-corrected chi connectivity index (χ1v) is 10.8. The minimum atomic E-state index is -0.586. The number of nitrogens with zero attached hydrogens (tertiary/aromatic N) is 3. The number of aromatic nitrogens is 3. The predicted octanol–water partition coefficient (Wildman–Crippen LogP) is 3.34. The zero-order valence-electron chi connectivity index (χ0n) is 16.6. The van der Waals surface area contributed by atoms with Crippen LogP contribution in [0.4, 0.5) is 5.69 Å². The molecular formula is C21H22N4O4S. The van der Waals surface area contributed by atoms with Gasteiger partial charge in [-0.25, -0.2) is 9.78 Å². The van der Waals surface area contributed by atoms with Crippen molar-refractivity contribution < 1.29 is 14.3 Å². The molecule has 9 heteroatoms. The molecule has 1 aromatic carbocycles. The lowest BCUT2D eigenvalue weighted by Crippen LogP contribution is -2.25. The summed E-state index contributed by atoms with van der Waals surface area (Å²) < 4.78 is 6.60. The van der Waals surface area contributed by atoms with Crippen LogP contribution < -0.4 is 10.9 Å². The normalized spacial score (nSPS) is 14.6. The van der Waals surface area contributed by atoms with Crippen LogP contribution in [0.2, 0.25) is 0 Å². The number of aryl methyl sites for hydroxylation is 1. The van der Waals surface area contributed by atoms with Crippen LogP contribution in [0.15, 0.2) is 35.1 Å². The van der Waals surface area contributed by atoms with Crippen molar-refractivity contribution >= 4 is 33.9 Å². The Hall–Kier alpha value is -3.07. The van der Waals surface area contributed by atoms with Gasteiger partial charge in [0.1, 0.15) is 11.6 Å². The Morgan fingerprint density at radius 2 is 2.00 bits per heavy atom. The zero-order valence-corrected chi connectivity index (χ0v) is 17.4. The first-order valence-electron chi connectivity index (χ1n) is 9.94. The molecule has 0 spiro atoms. The number of amides is 1. The highest BCUT2D eigenvalue weighted by molar-refractivity contribution is 7.16. The number of carbonyl (C=O) groups is 2. The van der Waals surface area contributed by atoms with Crippen molar-refractivity contribution in [2.24, 2.45) is 5.92 Å². The molecule has 30 heavy (non-hydrogen) atoms. The predicted molar refractivity (Wildman–Crippen MR) is 113 cm³/mol. The monoisotopic (exact) mass is 426 g/mol. The van der Waals surface area contributed by atoms with E-state index < -0.39 is 5.97 Å². The van der Waals surface area contributed by atoms with Gasteiger partial charge in [-0.2, -0.15) is 9.61 Å². The van der Waals surface area contributed by atoms with Crippen LogP contribution in [0.25, 0.3) is 4.96 Å². The third-order valence-corrected chi connectivity index (χ3v) is 5.95. The van der Waals surface area contributed by atoms with Gasteiger partial charge in [-0.15, -0.1) is 0 Å². The highest BCUT2D eigenvalue weighted by Gasteiger charge is 2.23. The molecule has 1 amide bonds. The molecule has 0 atom stereocenters. The molecule has 0 radical (unpaired) electrons. The number of ether oxygens (including phenoxy) is 1. The molecule has 1 aliphatic rings. The van der Waals surface area contributed by atoms with Gasteiger partial charge < -0.3 is 10.1 Å². The number of benzene rings is 1. The lowest BCUT2D eigenvalue weighted by molar-refractivity contribution is -0.120. The van der Waals surface area contributed by atoms with Crippen LogP contribution in [0.3, 0.4) is 0 Å². The van der Waals surface area contributed by atoms with E-state index in [-0.39, 0.29) is 29.6 Å². The third kappa shape index (κ3) is 4.40. The molecule has 1 aliphatic carbocycles. The van der Waals surface area contributed by atoms with Crippen molar-refractivity contribution in [1.29, 1.82) is 0 Å². The fourth-order valence-corrected chi connectivity index (χ4v) is 4.38. The van der Waals surface area contributed by atoms with Crippen LogP contribution in [-0.4, -0.2) is 26.5 Å². The number of para-hydroxylation sites is 1. The van der Waals surface area contributed by atoms with E-state index in [0.29, 0.717) is 16.3 Å². The second kappa shape index (κ2) is 8.74. The molecule has 3 aromatic rings. The van der Waals surface area contributed by atoms with Gasteiger partial charge in [-0.05, 0) is 31.9 Å². The van der Waals surface area contributed by atoms with Gasteiger partial charge in [0.25, 0.3) is 5.56 Å². The van der Waals surface area contributed by atoms with Crippen molar-refractivity contribution in [2.45, 2.75) is 45.6 Å². The number of anilines is 1. The van der Waals surface area contributed by atoms with E-state index in [9.17, 15) is 14.4 Å². The number of esters is 1. The molecule has 8 nitrogen and oxygen atoms in total. The number of fused-ring (bicyclic) bond motifs is 1. The van der Waals surface area contributed by atoms with Gasteiger partial charge in [-0.3, -0.25) is 9.59 Å². The van der Waals surface area contributed by atoms with Crippen LogP contribution in [0.1, 0.15) is 53.2 Å². The molecule has 1 fully saturated rings. The molecule has 4 rings (SSSR count). The molecular weight excluding hydrogens is 404 g/mol. The molecule has 0 saturated heterocycles. The van der Waals surface area contributed by atoms with E-state index in [0.717, 1.165) is 37.1 Å². The van der Waals surface area contributed by atoms with Crippen LogP contribution in [0, 0.1) is 12.8 Å². The van der Waals surface area contributed by atoms with Gasteiger partial charge in [-0.1, -0.05) is 42.7 Å². The van der Waals surface area contributed by atoms with E-state index >= 15 is 0 Å². The van der Waals surface area contributed by atoms with Gasteiger partial charge in [0.05, 0.1) is 16.9 Å². The maximum Gasteiger partial charge on any atom is 0.340 e. The summed E-state index contributed by atoms with van der Waals surface area (Å²) in [6, 6.07) is 8.07. The van der Waals surface area contributed by atoms with E-state index in [1.165, 1.54) is 21.9 Å². The van der Waals surface area contributed by atoms with E-state index in [2.05, 4.69) is 15.4 Å². The SMILES string of the molecule is Cc1nn2c(=O)cc(COC(=O)c3ccccc3NC(=O)C3CCCCC3)nc2s1. The average Bonchev–Trinajstić information content (AvgIpc) is 3.14. The summed E-state index contributed by atoms with van der Waals surface area (Å²) in [6.45, 7) is 1.64. The van der Waals surface area contributed by atoms with E-state index in [1.807, 2.05) is 0 Å². The minimum Gasteiger partial charge on any atom is -0.456 e. The van der Waals surface area contributed by atoms with Crippen molar-refractivity contribution in [3.05, 3.63) is 57.0 Å². The van der Waals surface area contributed by atoms with E-state index in [1.54, 1.807) is 31.2 Å². The largest absolute Gasteiger partial charge is 0.456 e. The van der Waals surface area contributed by atoms with Crippen LogP contribution >= 0.6 is 11.3 Å². The molecule has 2 heterocycles. The molecule has 0 aliphatic heterocycles. The molecule has 2 aromatic heterocycles. The maximum atomic E-state index is 12.7. The molecule has 156 valence electrons. The Labute approximate surface area is 176 Å². The van der Waals surface area contributed by atoms with E-state index in [4.69, 9.17) is 4.74 Å². The average molecular weight is 426 g/mol. The zero-order chi connectivity index (χ0) is 21.1. The maximum absolute atomic E-state index is 12.7. The fourth-order valence-electron chi connectivity index (χ4n) is 3.61. The summed E-state index contributed by atoms with van der Waals surface area (Å²) in [5, 5.41) is 7.69. The second-order valence-electron chi connectivity index (χ2n) is 7.35. The molecule has 0 bridgehead atoms. The Morgan fingerprint density at radius 3 is 2.80 bits per heavy atom. The fraction of sp³-hybridized carbons (Fsp3) is 0.381. The molecule has 1 saturated carbocycles. The van der Waals surface area contributed by atoms with Gasteiger partial charge in [0, 0.05) is 12.0 Å². The second-order valence-corrected chi connectivity index (χ2v) is 8.51. The molecule has 1 N–H and O–H groups in total. The Kier molecular flexibility index (Phi) is 5.89. The number of hydrogen-bond acceptors (Lipinski definition) is 7. The van der Waals surface area contributed by atoms with Gasteiger partial charge >= 0.3 is 5.97 Å². The van der Waals surface area contributed by atoms with Crippen molar-refractivity contribution in [3.63, 3.8) is 0 Å². The van der Waals surface area contributed by atoms with Gasteiger partial charge in [0.15, 0.2) is 0 Å². The number of nitrogens with one attached hydrogen (secondary N) is 1. The quantitative estimate of drug-likeness (QED) is 0.628. The van der Waals surface area contributed by atoms with Crippen molar-refractivity contribution in [3.8, 4) is 0 Å². The topological polar surface area (TPSA) is 103 Å². The third-order valence-electron chi connectivity index (χ3n) is 5.13. The summed E-state index contributed by atoms with van der Waals surface area (Å²) in [4.78, 5) is 42.1. The van der Waals surface area contributed by atoms with Crippen molar-refractivity contribution in [2.75, 3.05) is 5.32 Å².